The van der Waals surface area contributed by atoms with E-state index < -0.39 is 0 Å². The van der Waals surface area contributed by atoms with Gasteiger partial charge < -0.3 is 5.11 Å². The first-order valence-corrected chi connectivity index (χ1v) is 7.67. The number of allylic oxidation sites excluding steroid dienone is 1. The van der Waals surface area contributed by atoms with E-state index in [1.54, 1.807) is 18.2 Å². The topological polar surface area (TPSA) is 61.1 Å². The molecule has 3 nitrogen and oxygen atoms in total. The van der Waals surface area contributed by atoms with Gasteiger partial charge in [-0.25, -0.2) is 0 Å². The first-order chi connectivity index (χ1) is 11.0. The fraction of sp³-hybridized carbons (Fsp3) is 0.158. The minimum Gasteiger partial charge on any atom is -0.506 e. The highest BCUT2D eigenvalue weighted by atomic mass is 35.5. The van der Waals surface area contributed by atoms with E-state index >= 15 is 0 Å². The summed E-state index contributed by atoms with van der Waals surface area (Å²) in [6, 6.07) is 13.7. The Balaban J connectivity index is 2.29. The van der Waals surface area contributed by atoms with Gasteiger partial charge in [-0.1, -0.05) is 55.3 Å². The van der Waals surface area contributed by atoms with Crippen LogP contribution in [0.25, 0.3) is 6.08 Å². The van der Waals surface area contributed by atoms with E-state index in [-0.39, 0.29) is 22.1 Å². The zero-order valence-electron chi connectivity index (χ0n) is 12.7. The minimum atomic E-state index is -0.334. The van der Waals surface area contributed by atoms with Crippen LogP contribution in [0.5, 0.6) is 5.75 Å². The summed E-state index contributed by atoms with van der Waals surface area (Å²) in [5.74, 6) is -0.375. The maximum Gasteiger partial charge on any atom is 0.203 e. The van der Waals surface area contributed by atoms with Crippen molar-refractivity contribution in [2.24, 2.45) is 0 Å². The number of carbonyl (C=O) groups excluding carboxylic acids is 1. The van der Waals surface area contributed by atoms with E-state index in [2.05, 4.69) is 6.92 Å². The van der Waals surface area contributed by atoms with Crippen molar-refractivity contribution in [3.63, 3.8) is 0 Å². The van der Waals surface area contributed by atoms with Crippen molar-refractivity contribution < 1.29 is 9.90 Å². The molecule has 4 heteroatoms. The summed E-state index contributed by atoms with van der Waals surface area (Å²) in [4.78, 5) is 12.4. The summed E-state index contributed by atoms with van der Waals surface area (Å²) < 4.78 is 0. The molecule has 0 fully saturated rings. The number of phenolic OH excluding ortho intramolecular Hbond substituents is 1. The van der Waals surface area contributed by atoms with Crippen LogP contribution in [0.1, 0.15) is 34.8 Å². The van der Waals surface area contributed by atoms with Crippen LogP contribution < -0.4 is 0 Å². The Kier molecular flexibility index (Phi) is 5.56. The van der Waals surface area contributed by atoms with Crippen molar-refractivity contribution in [2.45, 2.75) is 19.8 Å². The number of benzene rings is 2. The van der Waals surface area contributed by atoms with Crippen molar-refractivity contribution >= 4 is 23.5 Å². The van der Waals surface area contributed by atoms with Gasteiger partial charge in [0.05, 0.1) is 5.02 Å². The van der Waals surface area contributed by atoms with Gasteiger partial charge in [0.15, 0.2) is 0 Å². The summed E-state index contributed by atoms with van der Waals surface area (Å²) in [5.41, 5.74) is 2.25. The van der Waals surface area contributed by atoms with Gasteiger partial charge in [0.1, 0.15) is 17.4 Å². The highest BCUT2D eigenvalue weighted by Crippen LogP contribution is 2.25. The fourth-order valence-corrected chi connectivity index (χ4v) is 2.38. The molecule has 0 spiro atoms. The monoisotopic (exact) mass is 325 g/mol. The van der Waals surface area contributed by atoms with Crippen LogP contribution in [-0.4, -0.2) is 10.9 Å². The molecule has 116 valence electrons. The molecule has 0 aliphatic carbocycles. The van der Waals surface area contributed by atoms with Crippen molar-refractivity contribution in [2.75, 3.05) is 0 Å². The zero-order valence-corrected chi connectivity index (χ0v) is 13.5. The Hall–Kier alpha value is -2.57. The van der Waals surface area contributed by atoms with E-state index in [0.717, 1.165) is 18.4 Å². The minimum absolute atomic E-state index is 0.0231. The molecule has 0 bridgehead atoms. The number of hydrogen-bond donors (Lipinski definition) is 1. The van der Waals surface area contributed by atoms with Crippen LogP contribution >= 0.6 is 11.6 Å². The Morgan fingerprint density at radius 3 is 2.52 bits per heavy atom. The number of aryl methyl sites for hydroxylation is 1. The van der Waals surface area contributed by atoms with E-state index in [1.807, 2.05) is 18.2 Å². The van der Waals surface area contributed by atoms with Gasteiger partial charge in [0, 0.05) is 5.56 Å². The molecule has 1 N–H and O–H groups in total. The predicted molar refractivity (Wildman–Crippen MR) is 91.5 cm³/mol. The number of nitrogens with zero attached hydrogens (tertiary/aromatic N) is 1. The molecule has 2 aromatic rings. The lowest BCUT2D eigenvalue weighted by Gasteiger charge is -2.03. The Morgan fingerprint density at radius 1 is 1.26 bits per heavy atom. The average molecular weight is 326 g/mol. The number of nitriles is 1. The van der Waals surface area contributed by atoms with Crippen molar-refractivity contribution in [1.29, 1.82) is 5.26 Å². The second-order valence-corrected chi connectivity index (χ2v) is 5.56. The fourth-order valence-electron chi connectivity index (χ4n) is 2.20. The van der Waals surface area contributed by atoms with Gasteiger partial charge in [-0.3, -0.25) is 4.79 Å². The molecule has 0 amide bonds. The number of halogens is 1. The standard InChI is InChI=1S/C19H16ClNO2/c1-2-3-13-4-7-15(8-5-13)19(23)16(12-21)10-14-6-9-18(22)17(20)11-14/h4-11,22H,2-3H2,1H3. The van der Waals surface area contributed by atoms with E-state index in [1.165, 1.54) is 18.2 Å². The first kappa shape index (κ1) is 16.8. The van der Waals surface area contributed by atoms with Crippen molar-refractivity contribution in [1.82, 2.24) is 0 Å². The number of phenols is 1. The van der Waals surface area contributed by atoms with Gasteiger partial charge in [-0.05, 0) is 35.8 Å². The molecule has 0 aliphatic heterocycles. The third-order valence-electron chi connectivity index (χ3n) is 3.40. The normalized spacial score (nSPS) is 11.1. The summed E-state index contributed by atoms with van der Waals surface area (Å²) in [6.45, 7) is 2.10. The second-order valence-electron chi connectivity index (χ2n) is 5.16. The Morgan fingerprint density at radius 2 is 1.96 bits per heavy atom. The van der Waals surface area contributed by atoms with Crippen molar-refractivity contribution in [3.8, 4) is 11.8 Å². The Bertz CT molecular complexity index is 786. The van der Waals surface area contributed by atoms with Gasteiger partial charge in [0.25, 0.3) is 0 Å². The van der Waals surface area contributed by atoms with Crippen LogP contribution in [0.2, 0.25) is 5.02 Å². The maximum absolute atomic E-state index is 12.4. The highest BCUT2D eigenvalue weighted by Gasteiger charge is 2.12. The summed E-state index contributed by atoms with van der Waals surface area (Å²) in [7, 11) is 0. The first-order valence-electron chi connectivity index (χ1n) is 7.29. The molecule has 0 saturated carbocycles. The number of rotatable bonds is 5. The predicted octanol–water partition coefficient (Wildman–Crippen LogP) is 4.79. The van der Waals surface area contributed by atoms with Crippen molar-refractivity contribution in [3.05, 3.63) is 69.8 Å². The number of Topliss-reactive ketones (excluding diaryl/α,β-unsaturated/α-hetero) is 1. The maximum atomic E-state index is 12.4. The van der Waals surface area contributed by atoms with Gasteiger partial charge in [-0.2, -0.15) is 5.26 Å². The molecule has 0 atom stereocenters. The smallest absolute Gasteiger partial charge is 0.203 e. The molecule has 2 aromatic carbocycles. The molecular formula is C19H16ClNO2. The molecule has 0 unspecified atom stereocenters. The molecule has 23 heavy (non-hydrogen) atoms. The van der Waals surface area contributed by atoms with Gasteiger partial charge in [0.2, 0.25) is 5.78 Å². The lowest BCUT2D eigenvalue weighted by atomic mass is 10.00. The highest BCUT2D eigenvalue weighted by molar-refractivity contribution is 6.32. The third kappa shape index (κ3) is 4.21. The number of hydrogen-bond acceptors (Lipinski definition) is 3. The molecule has 0 radical (unpaired) electrons. The molecule has 0 heterocycles. The van der Waals surface area contributed by atoms with E-state index in [4.69, 9.17) is 11.6 Å². The van der Waals surface area contributed by atoms with Crippen LogP contribution in [0.4, 0.5) is 0 Å². The van der Waals surface area contributed by atoms with E-state index in [9.17, 15) is 15.2 Å². The lowest BCUT2D eigenvalue weighted by molar-refractivity contribution is 0.104. The van der Waals surface area contributed by atoms with Crippen LogP contribution in [0, 0.1) is 11.3 Å². The molecule has 0 aliphatic rings. The zero-order chi connectivity index (χ0) is 16.8. The Labute approximate surface area is 140 Å². The molecule has 0 saturated heterocycles. The largest absolute Gasteiger partial charge is 0.506 e. The number of aromatic hydroxyl groups is 1. The molecule has 0 aromatic heterocycles. The van der Waals surface area contributed by atoms with Crippen LogP contribution in [-0.2, 0) is 6.42 Å². The second kappa shape index (κ2) is 7.62. The summed E-state index contributed by atoms with van der Waals surface area (Å²) in [6.07, 6.45) is 3.47. The average Bonchev–Trinajstić information content (AvgIpc) is 2.56. The number of ketones is 1. The SMILES string of the molecule is CCCc1ccc(C(=O)C(C#N)=Cc2ccc(O)c(Cl)c2)cc1. The van der Waals surface area contributed by atoms with E-state index in [0.29, 0.717) is 11.1 Å². The van der Waals surface area contributed by atoms with Gasteiger partial charge in [-0.15, -0.1) is 0 Å². The quantitative estimate of drug-likeness (QED) is 0.488. The van der Waals surface area contributed by atoms with Crippen LogP contribution in [0.3, 0.4) is 0 Å². The number of carbonyl (C=O) groups is 1. The lowest BCUT2D eigenvalue weighted by Crippen LogP contribution is -2.02. The van der Waals surface area contributed by atoms with Gasteiger partial charge >= 0.3 is 0 Å². The summed E-state index contributed by atoms with van der Waals surface area (Å²) in [5, 5.41) is 18.8. The molecule has 2 rings (SSSR count). The molecular weight excluding hydrogens is 310 g/mol. The third-order valence-corrected chi connectivity index (χ3v) is 3.71. The summed E-state index contributed by atoms with van der Waals surface area (Å²) >= 11 is 5.84. The van der Waals surface area contributed by atoms with Crippen LogP contribution in [0.15, 0.2) is 48.0 Å².